The van der Waals surface area contributed by atoms with Gasteiger partial charge in [-0.05, 0) is 81.4 Å². The Labute approximate surface area is 235 Å². The van der Waals surface area contributed by atoms with E-state index in [-0.39, 0.29) is 17.2 Å². The van der Waals surface area contributed by atoms with Crippen LogP contribution in [0, 0.1) is 20.8 Å². The van der Waals surface area contributed by atoms with Crippen LogP contribution in [0.5, 0.6) is 0 Å². The highest BCUT2D eigenvalue weighted by Gasteiger charge is 2.19. The Morgan fingerprint density at radius 3 is 2.31 bits per heavy atom. The van der Waals surface area contributed by atoms with Gasteiger partial charge in [-0.25, -0.2) is 4.68 Å². The van der Waals surface area contributed by atoms with Crippen LogP contribution < -0.4 is 10.9 Å². The number of halogens is 1. The molecule has 0 aliphatic rings. The van der Waals surface area contributed by atoms with Crippen molar-refractivity contribution in [2.24, 2.45) is 12.0 Å². The molecule has 0 bridgehead atoms. The smallest absolute Gasteiger partial charge is 0.295 e. The quantitative estimate of drug-likeness (QED) is 0.228. The van der Waals surface area contributed by atoms with Gasteiger partial charge < -0.3 is 9.88 Å². The molecule has 0 radical (unpaired) electrons. The van der Waals surface area contributed by atoms with E-state index in [4.69, 9.17) is 0 Å². The largest absolute Gasteiger partial charge is 0.318 e. The Kier molecular flexibility index (Phi) is 7.21. The summed E-state index contributed by atoms with van der Waals surface area (Å²) in [5, 5.41) is 2.82. The number of carbonyl (C=O) groups excluding carboxylic acids is 1. The van der Waals surface area contributed by atoms with Crippen LogP contribution in [-0.2, 0) is 7.05 Å². The van der Waals surface area contributed by atoms with Gasteiger partial charge in [0.2, 0.25) is 0 Å². The molecule has 0 spiro atoms. The molecule has 1 N–H and O–H groups in total. The minimum absolute atomic E-state index is 0.251. The summed E-state index contributed by atoms with van der Waals surface area (Å²) in [6.07, 6.45) is 1.81. The molecule has 1 amide bonds. The van der Waals surface area contributed by atoms with Crippen molar-refractivity contribution in [2.75, 3.05) is 5.32 Å². The van der Waals surface area contributed by atoms with Crippen LogP contribution in [0.1, 0.15) is 33.0 Å². The third-order valence-electron chi connectivity index (χ3n) is 6.81. The van der Waals surface area contributed by atoms with Crippen molar-refractivity contribution >= 4 is 39.4 Å². The maximum Gasteiger partial charge on any atom is 0.295 e. The first-order valence-corrected chi connectivity index (χ1v) is 13.3. The van der Waals surface area contributed by atoms with E-state index < -0.39 is 0 Å². The summed E-state index contributed by atoms with van der Waals surface area (Å²) in [6, 6.07) is 26.6. The lowest BCUT2D eigenvalue weighted by atomic mass is 10.2. The summed E-state index contributed by atoms with van der Waals surface area (Å²) in [6.45, 7) is 5.93. The van der Waals surface area contributed by atoms with Crippen molar-refractivity contribution in [3.05, 3.63) is 128 Å². The number of nitrogens with zero attached hydrogens (tertiary/aromatic N) is 4. The maximum absolute atomic E-state index is 13.2. The third-order valence-corrected chi connectivity index (χ3v) is 7.34. The monoisotopic (exact) mass is 581 g/mol. The number of hydrogen-bond acceptors (Lipinski definition) is 3. The first kappa shape index (κ1) is 26.2. The lowest BCUT2D eigenvalue weighted by Gasteiger charge is -2.09. The molecule has 8 heteroatoms. The highest BCUT2D eigenvalue weighted by Crippen LogP contribution is 2.23. The van der Waals surface area contributed by atoms with E-state index >= 15 is 0 Å². The first-order valence-electron chi connectivity index (χ1n) is 12.5. The Hall–Kier alpha value is -4.43. The molecule has 3 aromatic carbocycles. The minimum atomic E-state index is -0.369. The average Bonchev–Trinajstić information content (AvgIpc) is 3.34. The summed E-state index contributed by atoms with van der Waals surface area (Å²) in [5.74, 6) is -0.369. The molecule has 39 heavy (non-hydrogen) atoms. The molecule has 0 atom stereocenters. The number of para-hydroxylation sites is 1. The molecule has 5 rings (SSSR count). The van der Waals surface area contributed by atoms with Crippen molar-refractivity contribution in [3.8, 4) is 11.4 Å². The van der Waals surface area contributed by atoms with Crippen molar-refractivity contribution in [1.29, 1.82) is 0 Å². The van der Waals surface area contributed by atoms with Gasteiger partial charge in [0.1, 0.15) is 5.69 Å². The van der Waals surface area contributed by atoms with Crippen LogP contribution in [0.4, 0.5) is 11.4 Å². The lowest BCUT2D eigenvalue weighted by Crippen LogP contribution is -2.22. The van der Waals surface area contributed by atoms with E-state index in [0.717, 1.165) is 32.8 Å². The van der Waals surface area contributed by atoms with Crippen LogP contribution in [0.25, 0.3) is 11.4 Å². The molecule has 196 valence electrons. The highest BCUT2D eigenvalue weighted by atomic mass is 79.9. The van der Waals surface area contributed by atoms with Crippen LogP contribution in [0.2, 0.25) is 0 Å². The second-order valence-corrected chi connectivity index (χ2v) is 10.3. The van der Waals surface area contributed by atoms with Crippen molar-refractivity contribution in [2.45, 2.75) is 20.8 Å². The van der Waals surface area contributed by atoms with Crippen molar-refractivity contribution < 1.29 is 4.79 Å². The summed E-state index contributed by atoms with van der Waals surface area (Å²) < 4.78 is 6.49. The van der Waals surface area contributed by atoms with Crippen LogP contribution in [0.3, 0.4) is 0 Å². The molecule has 0 saturated heterocycles. The van der Waals surface area contributed by atoms with Crippen LogP contribution in [0.15, 0.2) is 99.2 Å². The topological polar surface area (TPSA) is 73.3 Å². The number of aromatic nitrogens is 3. The first-order chi connectivity index (χ1) is 18.7. The molecule has 0 aliphatic heterocycles. The van der Waals surface area contributed by atoms with E-state index in [1.54, 1.807) is 29.9 Å². The third kappa shape index (κ3) is 5.15. The summed E-state index contributed by atoms with van der Waals surface area (Å²) >= 11 is 3.49. The zero-order chi connectivity index (χ0) is 27.7. The Morgan fingerprint density at radius 2 is 1.59 bits per heavy atom. The maximum atomic E-state index is 13.2. The van der Waals surface area contributed by atoms with E-state index in [9.17, 15) is 9.59 Å². The second kappa shape index (κ2) is 10.7. The van der Waals surface area contributed by atoms with Crippen LogP contribution >= 0.6 is 15.9 Å². The summed E-state index contributed by atoms with van der Waals surface area (Å²) in [7, 11) is 1.79. The fourth-order valence-corrected chi connectivity index (χ4v) is 4.94. The van der Waals surface area contributed by atoms with E-state index in [2.05, 4.69) is 62.9 Å². The van der Waals surface area contributed by atoms with E-state index in [0.29, 0.717) is 16.9 Å². The second-order valence-electron chi connectivity index (χ2n) is 9.34. The molecule has 0 aliphatic carbocycles. The van der Waals surface area contributed by atoms with Gasteiger partial charge in [0.05, 0.1) is 17.1 Å². The Morgan fingerprint density at radius 1 is 0.872 bits per heavy atom. The van der Waals surface area contributed by atoms with Gasteiger partial charge in [-0.2, -0.15) is 0 Å². The van der Waals surface area contributed by atoms with Gasteiger partial charge in [-0.3, -0.25) is 19.3 Å². The summed E-state index contributed by atoms with van der Waals surface area (Å²) in [5.41, 5.74) is 6.65. The van der Waals surface area contributed by atoms with Gasteiger partial charge in [-0.1, -0.05) is 40.2 Å². The standard InChI is InChI=1S/C31H28BrN5O2/c1-20-17-24(21(2)36(20)27-15-13-25(32)14-16-27)19-33-26-10-8-9-23(18-26)30(38)34-29-22(3)35(4)37(31(29)39)28-11-6-5-7-12-28/h5-19H,1-4H3,(H,34,38). The number of aliphatic imine (C=N–C) groups is 1. The number of aryl methyl sites for hydroxylation is 1. The van der Waals surface area contributed by atoms with Crippen molar-refractivity contribution in [3.63, 3.8) is 0 Å². The number of amides is 1. The number of benzene rings is 3. The number of hydrogen-bond donors (Lipinski definition) is 1. The van der Waals surface area contributed by atoms with Gasteiger partial charge in [0, 0.05) is 45.9 Å². The zero-order valence-corrected chi connectivity index (χ0v) is 23.7. The molecule has 5 aromatic rings. The zero-order valence-electron chi connectivity index (χ0n) is 22.1. The van der Waals surface area contributed by atoms with Gasteiger partial charge in [-0.15, -0.1) is 0 Å². The predicted octanol–water partition coefficient (Wildman–Crippen LogP) is 6.66. The SMILES string of the molecule is Cc1cc(C=Nc2cccc(C(=O)Nc3c(C)n(C)n(-c4ccccc4)c3=O)c2)c(C)n1-c1ccc(Br)cc1. The van der Waals surface area contributed by atoms with E-state index in [1.807, 2.05) is 61.7 Å². The molecule has 2 aromatic heterocycles. The van der Waals surface area contributed by atoms with Gasteiger partial charge >= 0.3 is 0 Å². The number of rotatable bonds is 6. The highest BCUT2D eigenvalue weighted by molar-refractivity contribution is 9.10. The molecule has 0 saturated carbocycles. The average molecular weight is 583 g/mol. The molecular weight excluding hydrogens is 554 g/mol. The molecule has 2 heterocycles. The summed E-state index contributed by atoms with van der Waals surface area (Å²) in [4.78, 5) is 31.0. The van der Waals surface area contributed by atoms with Gasteiger partial charge in [0.15, 0.2) is 0 Å². The Balaban J connectivity index is 1.38. The number of nitrogens with one attached hydrogen (secondary N) is 1. The van der Waals surface area contributed by atoms with Crippen molar-refractivity contribution in [1.82, 2.24) is 13.9 Å². The Bertz CT molecular complexity index is 1760. The number of carbonyl (C=O) groups is 1. The minimum Gasteiger partial charge on any atom is -0.318 e. The molecule has 0 fully saturated rings. The normalized spacial score (nSPS) is 11.3. The lowest BCUT2D eigenvalue weighted by molar-refractivity contribution is 0.102. The number of anilines is 1. The predicted molar refractivity (Wildman–Crippen MR) is 160 cm³/mol. The van der Waals surface area contributed by atoms with E-state index in [1.165, 1.54) is 4.68 Å². The fraction of sp³-hybridized carbons (Fsp3) is 0.129. The molecule has 0 unspecified atom stereocenters. The fourth-order valence-electron chi connectivity index (χ4n) is 4.68. The van der Waals surface area contributed by atoms with Crippen LogP contribution in [-0.4, -0.2) is 26.1 Å². The molecule has 7 nitrogen and oxygen atoms in total. The van der Waals surface area contributed by atoms with Gasteiger partial charge in [0.25, 0.3) is 11.5 Å². The molecular formula is C31H28BrN5O2.